The van der Waals surface area contributed by atoms with E-state index in [-0.39, 0.29) is 11.9 Å². The number of aromatic nitrogens is 2. The first kappa shape index (κ1) is 15.7. The topological polar surface area (TPSA) is 65.4 Å². The van der Waals surface area contributed by atoms with E-state index in [1.807, 2.05) is 13.0 Å². The van der Waals surface area contributed by atoms with Gasteiger partial charge in [0.2, 0.25) is 5.95 Å². The van der Waals surface area contributed by atoms with Gasteiger partial charge in [-0.15, -0.1) is 0 Å². The zero-order chi connectivity index (χ0) is 16.2. The predicted octanol–water partition coefficient (Wildman–Crippen LogP) is 3.25. The standard InChI is InChI=1S/C17H21FN4O/c1-12-10-22(17(19)21-12)20-9-13-6-7-14(16(18)8-13)11-23-15-4-2-3-5-15/h6-10,15H,2-5,11H2,1H3,(H2,19,21). The summed E-state index contributed by atoms with van der Waals surface area (Å²) in [5.74, 6) is 0.0301. The van der Waals surface area contributed by atoms with Crippen molar-refractivity contribution in [2.75, 3.05) is 5.73 Å². The van der Waals surface area contributed by atoms with Gasteiger partial charge in [0.1, 0.15) is 5.82 Å². The van der Waals surface area contributed by atoms with Crippen molar-refractivity contribution >= 4 is 12.2 Å². The molecule has 2 aromatic rings. The summed E-state index contributed by atoms with van der Waals surface area (Å²) < 4.78 is 21.4. The van der Waals surface area contributed by atoms with Gasteiger partial charge in [-0.25, -0.2) is 14.1 Å². The maximum Gasteiger partial charge on any atom is 0.221 e. The van der Waals surface area contributed by atoms with Crippen molar-refractivity contribution in [1.82, 2.24) is 9.66 Å². The lowest BCUT2D eigenvalue weighted by Gasteiger charge is -2.11. The second-order valence-corrected chi connectivity index (χ2v) is 5.90. The third-order valence-corrected chi connectivity index (χ3v) is 4.02. The van der Waals surface area contributed by atoms with Crippen LogP contribution >= 0.6 is 0 Å². The van der Waals surface area contributed by atoms with E-state index in [0.29, 0.717) is 23.7 Å². The molecule has 1 aromatic heterocycles. The fourth-order valence-corrected chi connectivity index (χ4v) is 2.75. The molecule has 122 valence electrons. The molecule has 0 saturated heterocycles. The minimum Gasteiger partial charge on any atom is -0.373 e. The van der Waals surface area contributed by atoms with Crippen LogP contribution in [0.15, 0.2) is 29.5 Å². The van der Waals surface area contributed by atoms with Crippen LogP contribution in [0.25, 0.3) is 0 Å². The summed E-state index contributed by atoms with van der Waals surface area (Å²) in [4.78, 5) is 4.05. The van der Waals surface area contributed by atoms with Crippen LogP contribution in [0.5, 0.6) is 0 Å². The third kappa shape index (κ3) is 3.96. The number of anilines is 1. The highest BCUT2D eigenvalue weighted by Crippen LogP contribution is 2.22. The Bertz CT molecular complexity index is 705. The number of hydrogen-bond acceptors (Lipinski definition) is 4. The Morgan fingerprint density at radius 1 is 1.43 bits per heavy atom. The normalized spacial score (nSPS) is 15.7. The van der Waals surface area contributed by atoms with E-state index in [4.69, 9.17) is 10.5 Å². The van der Waals surface area contributed by atoms with Gasteiger partial charge in [0.15, 0.2) is 0 Å². The number of nitrogen functional groups attached to an aromatic ring is 1. The average molecular weight is 316 g/mol. The summed E-state index contributed by atoms with van der Waals surface area (Å²) in [6, 6.07) is 5.02. The Kier molecular flexibility index (Phi) is 4.71. The van der Waals surface area contributed by atoms with Crippen molar-refractivity contribution in [1.29, 1.82) is 0 Å². The van der Waals surface area contributed by atoms with Gasteiger partial charge in [-0.1, -0.05) is 25.0 Å². The molecule has 1 aliphatic carbocycles. The van der Waals surface area contributed by atoms with Gasteiger partial charge in [0, 0.05) is 5.56 Å². The largest absolute Gasteiger partial charge is 0.373 e. The van der Waals surface area contributed by atoms with Gasteiger partial charge in [0.25, 0.3) is 0 Å². The molecule has 0 spiro atoms. The molecular formula is C17H21FN4O. The quantitative estimate of drug-likeness (QED) is 0.861. The third-order valence-electron chi connectivity index (χ3n) is 4.02. The predicted molar refractivity (Wildman–Crippen MR) is 87.8 cm³/mol. The molecule has 1 fully saturated rings. The number of rotatable bonds is 5. The summed E-state index contributed by atoms with van der Waals surface area (Å²) in [6.07, 6.45) is 8.13. The van der Waals surface area contributed by atoms with Gasteiger partial charge in [-0.2, -0.15) is 5.10 Å². The van der Waals surface area contributed by atoms with Crippen LogP contribution in [0.2, 0.25) is 0 Å². The molecule has 0 unspecified atom stereocenters. The van der Waals surface area contributed by atoms with Crippen LogP contribution in [-0.2, 0) is 11.3 Å². The molecule has 2 N–H and O–H groups in total. The molecule has 3 rings (SSSR count). The molecule has 1 aromatic carbocycles. The number of imidazole rings is 1. The van der Waals surface area contributed by atoms with Gasteiger partial charge in [0.05, 0.1) is 30.8 Å². The summed E-state index contributed by atoms with van der Waals surface area (Å²) in [6.45, 7) is 2.16. The van der Waals surface area contributed by atoms with E-state index in [2.05, 4.69) is 10.1 Å². The summed E-state index contributed by atoms with van der Waals surface area (Å²) >= 11 is 0. The molecule has 5 nitrogen and oxygen atoms in total. The minimum atomic E-state index is -0.276. The van der Waals surface area contributed by atoms with Crippen molar-refractivity contribution < 1.29 is 9.13 Å². The lowest BCUT2D eigenvalue weighted by atomic mass is 10.1. The van der Waals surface area contributed by atoms with Crippen molar-refractivity contribution in [3.05, 3.63) is 47.0 Å². The van der Waals surface area contributed by atoms with Crippen LogP contribution in [-0.4, -0.2) is 22.0 Å². The Hall–Kier alpha value is -2.21. The lowest BCUT2D eigenvalue weighted by molar-refractivity contribution is 0.0441. The van der Waals surface area contributed by atoms with E-state index in [1.54, 1.807) is 18.5 Å². The zero-order valence-corrected chi connectivity index (χ0v) is 13.2. The first-order valence-corrected chi connectivity index (χ1v) is 7.87. The molecule has 0 bridgehead atoms. The van der Waals surface area contributed by atoms with Crippen LogP contribution in [0, 0.1) is 12.7 Å². The maximum absolute atomic E-state index is 14.1. The first-order chi connectivity index (χ1) is 11.1. The minimum absolute atomic E-state index is 0.276. The molecule has 1 aliphatic rings. The van der Waals surface area contributed by atoms with E-state index >= 15 is 0 Å². The first-order valence-electron chi connectivity index (χ1n) is 7.87. The smallest absolute Gasteiger partial charge is 0.221 e. The second-order valence-electron chi connectivity index (χ2n) is 5.90. The van der Waals surface area contributed by atoms with E-state index in [0.717, 1.165) is 18.5 Å². The SMILES string of the molecule is Cc1cn(N=Cc2ccc(COC3CCCC3)c(F)c2)c(N)n1. The number of nitrogens with zero attached hydrogens (tertiary/aromatic N) is 3. The van der Waals surface area contributed by atoms with Crippen molar-refractivity contribution in [2.24, 2.45) is 5.10 Å². The van der Waals surface area contributed by atoms with Gasteiger partial charge < -0.3 is 10.5 Å². The fourth-order valence-electron chi connectivity index (χ4n) is 2.75. The summed E-state index contributed by atoms with van der Waals surface area (Å²) in [7, 11) is 0. The van der Waals surface area contributed by atoms with Crippen LogP contribution in [0.4, 0.5) is 10.3 Å². The number of halogens is 1. The number of nitrogens with two attached hydrogens (primary N) is 1. The monoisotopic (exact) mass is 316 g/mol. The number of benzene rings is 1. The van der Waals surface area contributed by atoms with Gasteiger partial charge in [-0.05, 0) is 31.4 Å². The highest BCUT2D eigenvalue weighted by atomic mass is 19.1. The number of hydrogen-bond donors (Lipinski definition) is 1. The van der Waals surface area contributed by atoms with E-state index < -0.39 is 0 Å². The summed E-state index contributed by atoms with van der Waals surface area (Å²) in [5, 5.41) is 4.18. The fraction of sp³-hybridized carbons (Fsp3) is 0.412. The Balaban J connectivity index is 1.65. The highest BCUT2D eigenvalue weighted by Gasteiger charge is 2.16. The van der Waals surface area contributed by atoms with Gasteiger partial charge >= 0.3 is 0 Å². The molecule has 1 heterocycles. The van der Waals surface area contributed by atoms with E-state index in [1.165, 1.54) is 23.6 Å². The van der Waals surface area contributed by atoms with Gasteiger partial charge in [-0.3, -0.25) is 0 Å². The van der Waals surface area contributed by atoms with Crippen molar-refractivity contribution in [2.45, 2.75) is 45.3 Å². The highest BCUT2D eigenvalue weighted by molar-refractivity contribution is 5.79. The van der Waals surface area contributed by atoms with Crippen molar-refractivity contribution in [3.63, 3.8) is 0 Å². The molecule has 0 amide bonds. The summed E-state index contributed by atoms with van der Waals surface area (Å²) in [5.41, 5.74) is 7.73. The number of aryl methyl sites for hydroxylation is 1. The van der Waals surface area contributed by atoms with Crippen LogP contribution in [0.1, 0.15) is 42.5 Å². The van der Waals surface area contributed by atoms with E-state index in [9.17, 15) is 4.39 Å². The van der Waals surface area contributed by atoms with Crippen LogP contribution < -0.4 is 5.73 Å². The maximum atomic E-state index is 14.1. The average Bonchev–Trinajstić information content (AvgIpc) is 3.14. The zero-order valence-electron chi connectivity index (χ0n) is 13.2. The van der Waals surface area contributed by atoms with Crippen molar-refractivity contribution in [3.8, 4) is 0 Å². The second kappa shape index (κ2) is 6.91. The molecular weight excluding hydrogens is 295 g/mol. The Morgan fingerprint density at radius 3 is 2.87 bits per heavy atom. The molecule has 0 radical (unpaired) electrons. The molecule has 0 aliphatic heterocycles. The molecule has 23 heavy (non-hydrogen) atoms. The lowest BCUT2D eigenvalue weighted by Crippen LogP contribution is -2.08. The molecule has 1 saturated carbocycles. The molecule has 6 heteroatoms. The Morgan fingerprint density at radius 2 is 2.22 bits per heavy atom. The Labute approximate surface area is 135 Å². The molecule has 0 atom stereocenters. The van der Waals surface area contributed by atoms with Crippen LogP contribution in [0.3, 0.4) is 0 Å². The number of ether oxygens (including phenoxy) is 1.